The van der Waals surface area contributed by atoms with Gasteiger partial charge >= 0.3 is 5.97 Å². The van der Waals surface area contributed by atoms with Crippen LogP contribution >= 0.6 is 11.3 Å². The minimum Gasteiger partial charge on any atom is -0.481 e. The van der Waals surface area contributed by atoms with Crippen LogP contribution < -0.4 is 5.32 Å². The fraction of sp³-hybridized carbons (Fsp3) is 0.500. The number of anilines is 1. The van der Waals surface area contributed by atoms with Crippen molar-refractivity contribution in [2.75, 3.05) is 5.32 Å². The number of carbonyl (C=O) groups excluding carboxylic acids is 1. The molecule has 1 heterocycles. The number of aliphatic carboxylic acids is 1. The number of aryl methyl sites for hydroxylation is 1. The third kappa shape index (κ3) is 2.12. The Kier molecular flexibility index (Phi) is 2.39. The summed E-state index contributed by atoms with van der Waals surface area (Å²) in [6.07, 6.45) is 0.416. The number of carboxylic acid groups (broad SMARTS) is 1. The molecule has 80 valence electrons. The minimum absolute atomic E-state index is 0.279. The van der Waals surface area contributed by atoms with Crippen molar-refractivity contribution < 1.29 is 14.7 Å². The maximum atomic E-state index is 11.5. The summed E-state index contributed by atoms with van der Waals surface area (Å²) in [5.74, 6) is -2.13. The standard InChI is InChI=1S/C8H9N3O3S/c1-3-10-11-8(15-3)9-6(12)4-2-5(4)7(13)14/h4-5H,2H2,1H3,(H,13,14)(H,9,11,12). The number of hydrogen-bond donors (Lipinski definition) is 2. The van der Waals surface area contributed by atoms with E-state index in [2.05, 4.69) is 15.5 Å². The van der Waals surface area contributed by atoms with Gasteiger partial charge in [0.15, 0.2) is 0 Å². The van der Waals surface area contributed by atoms with E-state index >= 15 is 0 Å². The lowest BCUT2D eigenvalue weighted by atomic mass is 10.3. The van der Waals surface area contributed by atoms with Crippen LogP contribution in [-0.2, 0) is 9.59 Å². The topological polar surface area (TPSA) is 92.2 Å². The quantitative estimate of drug-likeness (QED) is 0.784. The minimum atomic E-state index is -0.913. The van der Waals surface area contributed by atoms with Crippen molar-refractivity contribution in [3.05, 3.63) is 5.01 Å². The van der Waals surface area contributed by atoms with Gasteiger partial charge in [0.2, 0.25) is 11.0 Å². The molecular formula is C8H9N3O3S. The van der Waals surface area contributed by atoms with Crippen LogP contribution in [0.4, 0.5) is 5.13 Å². The molecule has 0 bridgehead atoms. The molecule has 1 fully saturated rings. The summed E-state index contributed by atoms with van der Waals surface area (Å²) in [6.45, 7) is 1.78. The van der Waals surface area contributed by atoms with Gasteiger partial charge in [-0.1, -0.05) is 11.3 Å². The Balaban J connectivity index is 1.92. The molecule has 0 aromatic carbocycles. The molecule has 1 aliphatic rings. The molecule has 2 atom stereocenters. The zero-order valence-electron chi connectivity index (χ0n) is 7.93. The highest BCUT2D eigenvalue weighted by Gasteiger charge is 2.48. The van der Waals surface area contributed by atoms with Gasteiger partial charge in [0.05, 0.1) is 11.8 Å². The Labute approximate surface area is 89.3 Å². The lowest BCUT2D eigenvalue weighted by molar-refractivity contribution is -0.139. The second kappa shape index (κ2) is 3.58. The summed E-state index contributed by atoms with van der Waals surface area (Å²) in [5, 5.41) is 19.8. The molecule has 0 saturated heterocycles. The molecule has 1 amide bonds. The normalized spacial score (nSPS) is 23.5. The molecule has 1 aromatic heterocycles. The molecule has 15 heavy (non-hydrogen) atoms. The van der Waals surface area contributed by atoms with Gasteiger partial charge in [-0.2, -0.15) is 0 Å². The molecule has 0 spiro atoms. The molecule has 0 radical (unpaired) electrons. The maximum absolute atomic E-state index is 11.5. The monoisotopic (exact) mass is 227 g/mol. The first-order valence-electron chi connectivity index (χ1n) is 4.41. The van der Waals surface area contributed by atoms with E-state index in [-0.39, 0.29) is 5.91 Å². The van der Waals surface area contributed by atoms with Crippen molar-refractivity contribution in [1.82, 2.24) is 10.2 Å². The highest BCUT2D eigenvalue weighted by molar-refractivity contribution is 7.15. The van der Waals surface area contributed by atoms with Crippen LogP contribution in [0.5, 0.6) is 0 Å². The molecule has 2 rings (SSSR count). The van der Waals surface area contributed by atoms with E-state index in [9.17, 15) is 9.59 Å². The Morgan fingerprint density at radius 1 is 1.47 bits per heavy atom. The van der Waals surface area contributed by atoms with Crippen molar-refractivity contribution >= 4 is 28.3 Å². The average molecular weight is 227 g/mol. The first-order chi connectivity index (χ1) is 7.08. The molecule has 7 heteroatoms. The fourth-order valence-corrected chi connectivity index (χ4v) is 1.90. The van der Waals surface area contributed by atoms with Crippen LogP contribution in [0.25, 0.3) is 0 Å². The van der Waals surface area contributed by atoms with Crippen LogP contribution in [0.2, 0.25) is 0 Å². The predicted octanol–water partition coefficient (Wildman–Crippen LogP) is 0.506. The molecule has 1 aliphatic carbocycles. The van der Waals surface area contributed by atoms with Crippen LogP contribution in [0, 0.1) is 18.8 Å². The van der Waals surface area contributed by atoms with E-state index in [1.165, 1.54) is 11.3 Å². The van der Waals surface area contributed by atoms with Crippen molar-refractivity contribution in [3.63, 3.8) is 0 Å². The number of amides is 1. The van der Waals surface area contributed by atoms with Crippen molar-refractivity contribution in [2.24, 2.45) is 11.8 Å². The number of carboxylic acids is 1. The van der Waals surface area contributed by atoms with Crippen molar-refractivity contribution in [3.8, 4) is 0 Å². The largest absolute Gasteiger partial charge is 0.481 e. The summed E-state index contributed by atoms with van der Waals surface area (Å²) < 4.78 is 0. The number of carbonyl (C=O) groups is 2. The summed E-state index contributed by atoms with van der Waals surface area (Å²) in [4.78, 5) is 22.0. The van der Waals surface area contributed by atoms with E-state index in [1.807, 2.05) is 0 Å². The number of aromatic nitrogens is 2. The third-order valence-electron chi connectivity index (χ3n) is 2.20. The van der Waals surface area contributed by atoms with Crippen LogP contribution in [-0.4, -0.2) is 27.2 Å². The second-order valence-corrected chi connectivity index (χ2v) is 4.58. The lowest BCUT2D eigenvalue weighted by Crippen LogP contribution is -2.16. The number of nitrogens with one attached hydrogen (secondary N) is 1. The zero-order chi connectivity index (χ0) is 11.0. The van der Waals surface area contributed by atoms with Crippen LogP contribution in [0.15, 0.2) is 0 Å². The van der Waals surface area contributed by atoms with Crippen LogP contribution in [0.1, 0.15) is 11.4 Å². The van der Waals surface area contributed by atoms with E-state index in [1.54, 1.807) is 6.92 Å². The van der Waals surface area contributed by atoms with Gasteiger partial charge < -0.3 is 10.4 Å². The lowest BCUT2D eigenvalue weighted by Gasteiger charge is -1.97. The van der Waals surface area contributed by atoms with Gasteiger partial charge in [-0.3, -0.25) is 9.59 Å². The number of hydrogen-bond acceptors (Lipinski definition) is 5. The summed E-state index contributed by atoms with van der Waals surface area (Å²) in [7, 11) is 0. The van der Waals surface area contributed by atoms with Gasteiger partial charge in [-0.15, -0.1) is 10.2 Å². The first-order valence-corrected chi connectivity index (χ1v) is 5.23. The molecule has 2 N–H and O–H groups in total. The van der Waals surface area contributed by atoms with Gasteiger partial charge in [0.1, 0.15) is 5.01 Å². The number of nitrogens with zero attached hydrogens (tertiary/aromatic N) is 2. The predicted molar refractivity (Wildman–Crippen MR) is 52.5 cm³/mol. The molecule has 6 nitrogen and oxygen atoms in total. The van der Waals surface area contributed by atoms with Crippen molar-refractivity contribution in [1.29, 1.82) is 0 Å². The summed E-state index contributed by atoms with van der Waals surface area (Å²) >= 11 is 1.27. The zero-order valence-corrected chi connectivity index (χ0v) is 8.74. The highest BCUT2D eigenvalue weighted by Crippen LogP contribution is 2.39. The summed E-state index contributed by atoms with van der Waals surface area (Å²) in [6, 6.07) is 0. The van der Waals surface area contributed by atoms with Gasteiger partial charge in [-0.05, 0) is 13.3 Å². The molecule has 1 saturated carbocycles. The Morgan fingerprint density at radius 3 is 2.67 bits per heavy atom. The fourth-order valence-electron chi connectivity index (χ4n) is 1.30. The Morgan fingerprint density at radius 2 is 2.20 bits per heavy atom. The van der Waals surface area contributed by atoms with E-state index in [0.717, 1.165) is 5.01 Å². The molecular weight excluding hydrogens is 218 g/mol. The SMILES string of the molecule is Cc1nnc(NC(=O)C2CC2C(=O)O)s1. The number of rotatable bonds is 3. The molecule has 1 aromatic rings. The van der Waals surface area contributed by atoms with Gasteiger partial charge in [-0.25, -0.2) is 0 Å². The molecule has 0 aliphatic heterocycles. The third-order valence-corrected chi connectivity index (χ3v) is 2.95. The van der Waals surface area contributed by atoms with Gasteiger partial charge in [0, 0.05) is 0 Å². The highest BCUT2D eigenvalue weighted by atomic mass is 32.1. The molecule has 2 unspecified atom stereocenters. The first kappa shape index (κ1) is 10.0. The van der Waals surface area contributed by atoms with E-state index < -0.39 is 17.8 Å². The van der Waals surface area contributed by atoms with Crippen LogP contribution in [0.3, 0.4) is 0 Å². The van der Waals surface area contributed by atoms with Gasteiger partial charge in [0.25, 0.3) is 0 Å². The second-order valence-electron chi connectivity index (χ2n) is 3.40. The van der Waals surface area contributed by atoms with E-state index in [0.29, 0.717) is 11.6 Å². The Bertz CT molecular complexity index is 417. The summed E-state index contributed by atoms with van der Waals surface area (Å²) in [5.41, 5.74) is 0. The van der Waals surface area contributed by atoms with E-state index in [4.69, 9.17) is 5.11 Å². The Hall–Kier alpha value is -1.50. The maximum Gasteiger partial charge on any atom is 0.307 e. The smallest absolute Gasteiger partial charge is 0.307 e. The van der Waals surface area contributed by atoms with Crippen molar-refractivity contribution in [2.45, 2.75) is 13.3 Å². The average Bonchev–Trinajstić information content (AvgIpc) is 2.86.